The summed E-state index contributed by atoms with van der Waals surface area (Å²) < 4.78 is 17.0. The van der Waals surface area contributed by atoms with Gasteiger partial charge >= 0.3 is 5.97 Å². The maximum atomic E-state index is 14.2. The molecule has 0 bridgehead atoms. The Kier molecular flexibility index (Phi) is 9.86. The number of benzene rings is 2. The van der Waals surface area contributed by atoms with E-state index in [4.69, 9.17) is 20.0 Å². The first-order valence-electron chi connectivity index (χ1n) is 15.6. The van der Waals surface area contributed by atoms with Gasteiger partial charge in [-0.3, -0.25) is 14.5 Å². The standard InChI is InChI=1S/C33H31N7O6S3/c34-33-36-22(17-48-33)26(38-46-21-13-7-8-14-21)30(41)37-27-23-16-44-24(18-47-25-15-35-39-49-25)28(40(23)31(27)42)32(43)45-29(19-9-3-1-4-10-19)20-11-5-2-6-12-20/h1-6,9-12,15,17,21,23,27,29H,7-8,13-14,16,18H2,(H2,34,36)(H,37,41)/b38-26-. The quantitative estimate of drug-likeness (QED) is 0.0704. The van der Waals surface area contributed by atoms with Gasteiger partial charge in [0.25, 0.3) is 11.8 Å². The van der Waals surface area contributed by atoms with E-state index in [0.29, 0.717) is 0 Å². The van der Waals surface area contributed by atoms with Crippen LogP contribution in [0.2, 0.25) is 0 Å². The van der Waals surface area contributed by atoms with Crippen LogP contribution < -0.4 is 11.1 Å². The summed E-state index contributed by atoms with van der Waals surface area (Å²) in [5.74, 6) is -1.36. The first-order chi connectivity index (χ1) is 24.0. The van der Waals surface area contributed by atoms with E-state index < -0.39 is 36.0 Å². The van der Waals surface area contributed by atoms with Gasteiger partial charge in [-0.2, -0.15) is 0 Å². The van der Waals surface area contributed by atoms with Crippen LogP contribution in [0.4, 0.5) is 5.13 Å². The number of fused-ring (bicyclic) bond motifs is 1. The fraction of sp³-hybridized carbons (Fsp3) is 0.303. The Morgan fingerprint density at radius 2 is 1.82 bits per heavy atom. The molecule has 2 amide bonds. The lowest BCUT2D eigenvalue weighted by Gasteiger charge is -2.49. The SMILES string of the molecule is Nc1nc(/C(=N/OC2CCCC2)C(=O)NC2C(=O)N3C(C(=O)OC(c4ccccc4)c4ccccc4)=C(CSc4cnns4)OCC23)cs1. The molecule has 1 saturated heterocycles. The number of nitrogens with zero attached hydrogens (tertiary/aromatic N) is 5. The van der Waals surface area contributed by atoms with Gasteiger partial charge in [-0.15, -0.1) is 28.2 Å². The summed E-state index contributed by atoms with van der Waals surface area (Å²) in [5, 5.41) is 12.7. The topological polar surface area (TPSA) is 171 Å². The lowest BCUT2D eigenvalue weighted by Crippen LogP contribution is -2.73. The molecule has 13 nitrogen and oxygen atoms in total. The highest BCUT2D eigenvalue weighted by molar-refractivity contribution is 8.01. The number of carbonyl (C=O) groups excluding carboxylic acids is 3. The Labute approximate surface area is 293 Å². The number of nitrogens with one attached hydrogen (secondary N) is 1. The van der Waals surface area contributed by atoms with E-state index in [1.807, 2.05) is 60.7 Å². The Morgan fingerprint density at radius 1 is 1.10 bits per heavy atom. The lowest BCUT2D eigenvalue weighted by molar-refractivity contribution is -0.163. The van der Waals surface area contributed by atoms with Gasteiger partial charge in [-0.25, -0.2) is 9.78 Å². The predicted molar refractivity (Wildman–Crippen MR) is 183 cm³/mol. The number of rotatable bonds is 12. The Balaban J connectivity index is 1.14. The molecular formula is C33H31N7O6S3. The average molecular weight is 718 g/mol. The summed E-state index contributed by atoms with van der Waals surface area (Å²) >= 11 is 3.75. The molecule has 3 N–H and O–H groups in total. The van der Waals surface area contributed by atoms with Crippen molar-refractivity contribution in [1.82, 2.24) is 24.8 Å². The van der Waals surface area contributed by atoms with Crippen molar-refractivity contribution in [3.8, 4) is 0 Å². The average Bonchev–Trinajstić information content (AvgIpc) is 3.94. The second-order valence-electron chi connectivity index (χ2n) is 11.5. The van der Waals surface area contributed by atoms with Crippen LogP contribution in [0.5, 0.6) is 0 Å². The maximum Gasteiger partial charge on any atom is 0.359 e. The Bertz CT molecular complexity index is 1820. The van der Waals surface area contributed by atoms with Crippen molar-refractivity contribution in [2.75, 3.05) is 18.1 Å². The number of aromatic nitrogens is 3. The molecule has 49 heavy (non-hydrogen) atoms. The molecule has 4 aromatic rings. The monoisotopic (exact) mass is 717 g/mol. The number of hydrogen-bond acceptors (Lipinski definition) is 14. The molecule has 0 radical (unpaired) electrons. The van der Waals surface area contributed by atoms with Gasteiger partial charge in [0.05, 0.1) is 11.9 Å². The molecule has 2 aromatic carbocycles. The van der Waals surface area contributed by atoms with Crippen LogP contribution in [0, 0.1) is 0 Å². The number of thiazole rings is 1. The summed E-state index contributed by atoms with van der Waals surface area (Å²) in [5.41, 5.74) is 7.52. The largest absolute Gasteiger partial charge is 0.492 e. The van der Waals surface area contributed by atoms with E-state index in [1.54, 1.807) is 11.6 Å². The fourth-order valence-electron chi connectivity index (χ4n) is 5.90. The summed E-state index contributed by atoms with van der Waals surface area (Å²) in [4.78, 5) is 52.9. The van der Waals surface area contributed by atoms with Crippen LogP contribution in [-0.2, 0) is 28.7 Å². The number of anilines is 1. The van der Waals surface area contributed by atoms with Crippen LogP contribution in [0.3, 0.4) is 0 Å². The number of nitrogen functional groups attached to an aromatic ring is 1. The molecule has 2 aliphatic heterocycles. The van der Waals surface area contributed by atoms with Crippen molar-refractivity contribution in [2.45, 2.75) is 54.2 Å². The van der Waals surface area contributed by atoms with Gasteiger partial charge in [0, 0.05) is 5.38 Å². The number of ether oxygens (including phenoxy) is 2. The smallest absolute Gasteiger partial charge is 0.359 e. The molecule has 4 heterocycles. The summed E-state index contributed by atoms with van der Waals surface area (Å²) in [6, 6.07) is 17.0. The van der Waals surface area contributed by atoms with Crippen LogP contribution >= 0.6 is 34.6 Å². The third kappa shape index (κ3) is 7.16. The van der Waals surface area contributed by atoms with E-state index in [9.17, 15) is 14.4 Å². The molecule has 2 aromatic heterocycles. The Morgan fingerprint density at radius 3 is 2.45 bits per heavy atom. The minimum atomic E-state index is -0.998. The first-order valence-corrected chi connectivity index (χ1v) is 18.3. The van der Waals surface area contributed by atoms with Gasteiger partial charge < -0.3 is 25.4 Å². The number of oxime groups is 1. The van der Waals surface area contributed by atoms with E-state index in [0.717, 1.165) is 52.4 Å². The zero-order chi connectivity index (χ0) is 33.7. The number of amides is 2. The number of nitrogens with two attached hydrogens (primary N) is 1. The molecule has 16 heteroatoms. The van der Waals surface area contributed by atoms with Gasteiger partial charge in [0.2, 0.25) is 0 Å². The van der Waals surface area contributed by atoms with E-state index >= 15 is 0 Å². The van der Waals surface area contributed by atoms with Gasteiger partial charge in [-0.1, -0.05) is 70.3 Å². The summed E-state index contributed by atoms with van der Waals surface area (Å²) in [6.07, 6.45) is 4.50. The highest BCUT2D eigenvalue weighted by atomic mass is 32.2. The first kappa shape index (κ1) is 32.7. The van der Waals surface area contributed by atoms with Gasteiger partial charge in [0.15, 0.2) is 22.6 Å². The minimum absolute atomic E-state index is 0.0145. The van der Waals surface area contributed by atoms with Crippen molar-refractivity contribution < 1.29 is 28.7 Å². The summed E-state index contributed by atoms with van der Waals surface area (Å²) in [6.45, 7) is 0.0415. The van der Waals surface area contributed by atoms with Crippen LogP contribution in [-0.4, -0.2) is 73.5 Å². The molecule has 1 saturated carbocycles. The van der Waals surface area contributed by atoms with Crippen molar-refractivity contribution in [3.63, 3.8) is 0 Å². The minimum Gasteiger partial charge on any atom is -0.492 e. The Hall–Kier alpha value is -4.80. The fourth-order valence-corrected chi connectivity index (χ4v) is 7.82. The molecule has 0 spiro atoms. The van der Waals surface area contributed by atoms with E-state index in [2.05, 4.69) is 25.0 Å². The van der Waals surface area contributed by atoms with Crippen molar-refractivity contribution in [3.05, 3.63) is 101 Å². The van der Waals surface area contributed by atoms with E-state index in [1.165, 1.54) is 28.2 Å². The zero-order valence-electron chi connectivity index (χ0n) is 26.0. The van der Waals surface area contributed by atoms with Crippen molar-refractivity contribution in [2.24, 2.45) is 5.16 Å². The number of carbonyl (C=O) groups is 3. The van der Waals surface area contributed by atoms with Gasteiger partial charge in [-0.05, 0) is 48.3 Å². The lowest BCUT2D eigenvalue weighted by atomic mass is 9.92. The highest BCUT2D eigenvalue weighted by Gasteiger charge is 2.55. The number of β-lactam (4-membered cyclic amide) rings is 1. The zero-order valence-corrected chi connectivity index (χ0v) is 28.4. The van der Waals surface area contributed by atoms with Gasteiger partial charge in [0.1, 0.15) is 40.5 Å². The third-order valence-electron chi connectivity index (χ3n) is 8.32. The third-order valence-corrected chi connectivity index (χ3v) is 10.8. The number of hydrogen-bond donors (Lipinski definition) is 2. The molecule has 3 aliphatic rings. The molecule has 2 atom stereocenters. The van der Waals surface area contributed by atoms with E-state index in [-0.39, 0.29) is 46.5 Å². The number of thioether (sulfide) groups is 1. The maximum absolute atomic E-state index is 14.2. The second kappa shape index (κ2) is 14.8. The number of esters is 1. The molecule has 1 aliphatic carbocycles. The van der Waals surface area contributed by atoms with Crippen LogP contribution in [0.15, 0.2) is 93.1 Å². The van der Waals surface area contributed by atoms with Crippen molar-refractivity contribution >= 4 is 63.3 Å². The van der Waals surface area contributed by atoms with Crippen molar-refractivity contribution in [1.29, 1.82) is 0 Å². The second-order valence-corrected chi connectivity index (χ2v) is 14.4. The predicted octanol–water partition coefficient (Wildman–Crippen LogP) is 4.30. The van der Waals surface area contributed by atoms with Crippen LogP contribution in [0.25, 0.3) is 0 Å². The highest BCUT2D eigenvalue weighted by Crippen LogP contribution is 2.37. The molecule has 2 fully saturated rings. The summed E-state index contributed by atoms with van der Waals surface area (Å²) in [7, 11) is 0. The normalized spacial score (nSPS) is 19.3. The molecule has 2 unspecified atom stereocenters. The molecule has 252 valence electrons. The van der Waals surface area contributed by atoms with Crippen LogP contribution in [0.1, 0.15) is 48.6 Å². The molecular weight excluding hydrogens is 687 g/mol. The molecule has 7 rings (SSSR count).